The van der Waals surface area contributed by atoms with E-state index in [1.165, 1.54) is 10.6 Å². The second kappa shape index (κ2) is 5.19. The van der Waals surface area contributed by atoms with Gasteiger partial charge in [-0.15, -0.1) is 0 Å². The van der Waals surface area contributed by atoms with E-state index in [9.17, 15) is 8.42 Å². The Kier molecular flexibility index (Phi) is 3.82. The van der Waals surface area contributed by atoms with E-state index in [2.05, 4.69) is 15.3 Å². The third-order valence-corrected chi connectivity index (χ3v) is 4.32. The Labute approximate surface area is 107 Å². The molecule has 0 bridgehead atoms. The number of hydrogen-bond acceptors (Lipinski definition) is 5. The number of rotatable bonds is 4. The minimum Gasteiger partial charge on any atom is -0.354 e. The fraction of sp³-hybridized carbons (Fsp3) is 0.636. The summed E-state index contributed by atoms with van der Waals surface area (Å²) >= 11 is 0. The molecule has 0 amide bonds. The summed E-state index contributed by atoms with van der Waals surface area (Å²) in [6.45, 7) is 3.83. The molecule has 1 aromatic rings. The quantitative estimate of drug-likeness (QED) is 0.861. The Morgan fingerprint density at radius 3 is 2.67 bits per heavy atom. The second-order valence-corrected chi connectivity index (χ2v) is 6.72. The molecule has 6 nitrogen and oxygen atoms in total. The van der Waals surface area contributed by atoms with Gasteiger partial charge in [0.05, 0.1) is 6.26 Å². The Morgan fingerprint density at radius 1 is 1.44 bits per heavy atom. The zero-order chi connectivity index (χ0) is 13.2. The molecule has 2 rings (SSSR count). The summed E-state index contributed by atoms with van der Waals surface area (Å²) in [5, 5.41) is 3.14. The molecule has 18 heavy (non-hydrogen) atoms. The lowest BCUT2D eigenvalue weighted by atomic mass is 10.1. The summed E-state index contributed by atoms with van der Waals surface area (Å²) in [6, 6.07) is 0. The Hall–Kier alpha value is -1.21. The fourth-order valence-electron chi connectivity index (χ4n) is 1.98. The molecule has 1 atom stereocenters. The van der Waals surface area contributed by atoms with E-state index in [1.54, 1.807) is 12.4 Å². The van der Waals surface area contributed by atoms with E-state index in [-0.39, 0.29) is 0 Å². The van der Waals surface area contributed by atoms with Crippen LogP contribution in [0.5, 0.6) is 0 Å². The van der Waals surface area contributed by atoms with E-state index >= 15 is 0 Å². The number of nitrogens with one attached hydrogen (secondary N) is 1. The van der Waals surface area contributed by atoms with Crippen molar-refractivity contribution in [2.75, 3.05) is 31.2 Å². The molecule has 1 N–H and O–H groups in total. The van der Waals surface area contributed by atoms with Crippen molar-refractivity contribution in [1.29, 1.82) is 0 Å². The monoisotopic (exact) mass is 270 g/mol. The number of aromatic nitrogens is 2. The zero-order valence-electron chi connectivity index (χ0n) is 10.6. The van der Waals surface area contributed by atoms with Crippen LogP contribution in [-0.4, -0.2) is 48.6 Å². The summed E-state index contributed by atoms with van der Waals surface area (Å²) < 4.78 is 24.3. The highest BCUT2D eigenvalue weighted by atomic mass is 32.2. The third-order valence-electron chi connectivity index (χ3n) is 3.05. The molecule has 0 spiro atoms. The van der Waals surface area contributed by atoms with Crippen LogP contribution in [0.15, 0.2) is 12.4 Å². The van der Waals surface area contributed by atoms with Crippen LogP contribution in [0.4, 0.5) is 5.95 Å². The van der Waals surface area contributed by atoms with Gasteiger partial charge >= 0.3 is 0 Å². The average Bonchev–Trinajstić information content (AvgIpc) is 2.77. The van der Waals surface area contributed by atoms with Gasteiger partial charge < -0.3 is 5.32 Å². The Bertz CT molecular complexity index is 500. The molecule has 0 radical (unpaired) electrons. The van der Waals surface area contributed by atoms with Gasteiger partial charge in [0.1, 0.15) is 0 Å². The molecule has 7 heteroatoms. The molecule has 0 aliphatic carbocycles. The highest BCUT2D eigenvalue weighted by Crippen LogP contribution is 2.18. The lowest BCUT2D eigenvalue weighted by molar-refractivity contribution is 0.466. The largest absolute Gasteiger partial charge is 0.354 e. The van der Waals surface area contributed by atoms with E-state index in [4.69, 9.17) is 0 Å². The molecule has 1 saturated heterocycles. The average molecular weight is 270 g/mol. The maximum atomic E-state index is 11.4. The van der Waals surface area contributed by atoms with E-state index < -0.39 is 10.0 Å². The molecule has 1 fully saturated rings. The van der Waals surface area contributed by atoms with Crippen molar-refractivity contribution in [1.82, 2.24) is 14.3 Å². The molecule has 1 aromatic heterocycles. The maximum absolute atomic E-state index is 11.4. The molecule has 2 heterocycles. The number of anilines is 1. The normalized spacial score (nSPS) is 21.1. The minimum atomic E-state index is -3.05. The zero-order valence-corrected chi connectivity index (χ0v) is 11.4. The maximum Gasteiger partial charge on any atom is 0.222 e. The van der Waals surface area contributed by atoms with Crippen LogP contribution in [-0.2, 0) is 10.0 Å². The molecular weight excluding hydrogens is 252 g/mol. The van der Waals surface area contributed by atoms with Crippen LogP contribution in [0.3, 0.4) is 0 Å². The predicted molar refractivity (Wildman–Crippen MR) is 69.8 cm³/mol. The van der Waals surface area contributed by atoms with Crippen LogP contribution in [0, 0.1) is 12.8 Å². The second-order valence-electron chi connectivity index (χ2n) is 4.74. The van der Waals surface area contributed by atoms with Crippen molar-refractivity contribution < 1.29 is 8.42 Å². The van der Waals surface area contributed by atoms with Gasteiger partial charge in [-0.2, -0.15) is 0 Å². The lowest BCUT2D eigenvalue weighted by Gasteiger charge is -2.13. The Balaban J connectivity index is 1.84. The van der Waals surface area contributed by atoms with Crippen LogP contribution < -0.4 is 5.32 Å². The van der Waals surface area contributed by atoms with Crippen molar-refractivity contribution in [2.45, 2.75) is 13.3 Å². The van der Waals surface area contributed by atoms with Gasteiger partial charge in [0.25, 0.3) is 0 Å². The van der Waals surface area contributed by atoms with Gasteiger partial charge in [-0.3, -0.25) is 0 Å². The molecule has 1 aliphatic heterocycles. The first-order valence-corrected chi connectivity index (χ1v) is 7.77. The summed E-state index contributed by atoms with van der Waals surface area (Å²) in [5.41, 5.74) is 1.02. The standard InChI is InChI=1S/C11H18N4O2S/c1-9-5-12-11(13-6-9)14-7-10-3-4-15(8-10)18(2,16)17/h5-6,10H,3-4,7-8H2,1-2H3,(H,12,13,14). The molecule has 1 unspecified atom stereocenters. The summed E-state index contributed by atoms with van der Waals surface area (Å²) in [7, 11) is -3.05. The molecule has 0 aromatic carbocycles. The summed E-state index contributed by atoms with van der Waals surface area (Å²) in [5.74, 6) is 0.919. The van der Waals surface area contributed by atoms with Crippen LogP contribution in [0.25, 0.3) is 0 Å². The van der Waals surface area contributed by atoms with Gasteiger partial charge in [-0.25, -0.2) is 22.7 Å². The molecular formula is C11H18N4O2S. The van der Waals surface area contributed by atoms with Crippen molar-refractivity contribution in [3.05, 3.63) is 18.0 Å². The first kappa shape index (κ1) is 13.2. The van der Waals surface area contributed by atoms with Gasteiger partial charge in [-0.05, 0) is 24.8 Å². The summed E-state index contributed by atoms with van der Waals surface area (Å²) in [4.78, 5) is 8.31. The van der Waals surface area contributed by atoms with E-state index in [0.717, 1.165) is 12.0 Å². The van der Waals surface area contributed by atoms with Gasteiger partial charge in [0, 0.05) is 32.0 Å². The topological polar surface area (TPSA) is 75.2 Å². The van der Waals surface area contributed by atoms with Crippen molar-refractivity contribution in [2.24, 2.45) is 5.92 Å². The summed E-state index contributed by atoms with van der Waals surface area (Å²) in [6.07, 6.45) is 5.65. The predicted octanol–water partition coefficient (Wildman–Crippen LogP) is 0.478. The smallest absolute Gasteiger partial charge is 0.222 e. The first-order valence-electron chi connectivity index (χ1n) is 5.93. The van der Waals surface area contributed by atoms with E-state index in [0.29, 0.717) is 31.5 Å². The lowest BCUT2D eigenvalue weighted by Crippen LogP contribution is -2.28. The number of hydrogen-bond donors (Lipinski definition) is 1. The van der Waals surface area contributed by atoms with E-state index in [1.807, 2.05) is 6.92 Å². The Morgan fingerprint density at radius 2 is 2.11 bits per heavy atom. The highest BCUT2D eigenvalue weighted by Gasteiger charge is 2.28. The van der Waals surface area contributed by atoms with Gasteiger partial charge in [-0.1, -0.05) is 0 Å². The van der Waals surface area contributed by atoms with Crippen molar-refractivity contribution in [3.8, 4) is 0 Å². The molecule has 0 saturated carbocycles. The SMILES string of the molecule is Cc1cnc(NCC2CCN(S(C)(=O)=O)C2)nc1. The number of aryl methyl sites for hydroxylation is 1. The van der Waals surface area contributed by atoms with Crippen LogP contribution in [0.2, 0.25) is 0 Å². The van der Waals surface area contributed by atoms with Crippen molar-refractivity contribution >= 4 is 16.0 Å². The number of nitrogens with zero attached hydrogens (tertiary/aromatic N) is 3. The minimum absolute atomic E-state index is 0.324. The third kappa shape index (κ3) is 3.39. The van der Waals surface area contributed by atoms with Crippen molar-refractivity contribution in [3.63, 3.8) is 0 Å². The molecule has 100 valence electrons. The van der Waals surface area contributed by atoms with Crippen LogP contribution >= 0.6 is 0 Å². The van der Waals surface area contributed by atoms with Gasteiger partial charge in [0.15, 0.2) is 0 Å². The first-order chi connectivity index (χ1) is 8.45. The highest BCUT2D eigenvalue weighted by molar-refractivity contribution is 7.88. The molecule has 1 aliphatic rings. The fourth-order valence-corrected chi connectivity index (χ4v) is 2.90. The number of sulfonamides is 1. The van der Waals surface area contributed by atoms with Gasteiger partial charge in [0.2, 0.25) is 16.0 Å². The van der Waals surface area contributed by atoms with Crippen LogP contribution in [0.1, 0.15) is 12.0 Å².